The molecule has 2 N–H and O–H groups in total. The first-order chi connectivity index (χ1) is 15.6. The third kappa shape index (κ3) is 20.1. The van der Waals surface area contributed by atoms with Crippen molar-refractivity contribution in [1.29, 1.82) is 0 Å². The highest BCUT2D eigenvalue weighted by Gasteiger charge is 2.26. The van der Waals surface area contributed by atoms with Crippen molar-refractivity contribution in [3.63, 3.8) is 0 Å². The van der Waals surface area contributed by atoms with Crippen LogP contribution in [0.2, 0.25) is 0 Å². The van der Waals surface area contributed by atoms with E-state index in [1.165, 1.54) is 18.9 Å². The highest BCUT2D eigenvalue weighted by atomic mass is 16.3. The Bertz CT molecular complexity index is 574. The molecular weight excluding hydrogens is 394 g/mol. The molecule has 0 aromatic heterocycles. The zero-order valence-electron chi connectivity index (χ0n) is 21.0. The lowest BCUT2D eigenvalue weighted by Gasteiger charge is -2.28. The molecular formula is C29H49NO2. The molecule has 3 heteroatoms. The van der Waals surface area contributed by atoms with Crippen molar-refractivity contribution < 1.29 is 9.90 Å². The molecule has 0 radical (unpaired) electrons. The van der Waals surface area contributed by atoms with Crippen molar-refractivity contribution in [3.05, 3.63) is 60.8 Å². The second kappa shape index (κ2) is 22.3. The Hall–Kier alpha value is -1.87. The minimum atomic E-state index is -0.786. The van der Waals surface area contributed by atoms with Gasteiger partial charge in [-0.15, -0.1) is 0 Å². The van der Waals surface area contributed by atoms with Crippen LogP contribution in [-0.4, -0.2) is 23.2 Å². The molecule has 0 saturated carbocycles. The molecule has 0 rings (SSSR count). The summed E-state index contributed by atoms with van der Waals surface area (Å²) in [5.74, 6) is -0.153. The lowest BCUT2D eigenvalue weighted by atomic mass is 9.90. The first-order valence-electron chi connectivity index (χ1n) is 12.9. The number of aliphatic hydroxyl groups is 1. The summed E-state index contributed by atoms with van der Waals surface area (Å²) in [6.07, 6.45) is 33.6. The molecule has 1 amide bonds. The Morgan fingerprint density at radius 1 is 0.688 bits per heavy atom. The zero-order valence-corrected chi connectivity index (χ0v) is 21.0. The van der Waals surface area contributed by atoms with Crippen LogP contribution >= 0.6 is 0 Å². The zero-order chi connectivity index (χ0) is 23.8. The molecule has 0 fully saturated rings. The molecule has 0 unspecified atom stereocenters. The standard InChI is InChI=1S/C29H49NO2/c1-4-7-10-11-12-13-14-15-16-17-18-19-20-21-24-28(31)30-27-29(32,25-22-8-5-2)26-23-9-6-3/h11-14,17-21,24,32H,4-10,15-16,22-23,25-27H2,1-3H3,(H,30,31). The van der Waals surface area contributed by atoms with Crippen LogP contribution in [-0.2, 0) is 4.79 Å². The Labute approximate surface area is 198 Å². The van der Waals surface area contributed by atoms with Gasteiger partial charge in [0.1, 0.15) is 0 Å². The smallest absolute Gasteiger partial charge is 0.244 e. The topological polar surface area (TPSA) is 49.3 Å². The van der Waals surface area contributed by atoms with Crippen molar-refractivity contribution in [2.75, 3.05) is 6.54 Å². The highest BCUT2D eigenvalue weighted by Crippen LogP contribution is 2.22. The summed E-state index contributed by atoms with van der Waals surface area (Å²) in [5, 5.41) is 13.8. The molecule has 32 heavy (non-hydrogen) atoms. The molecule has 0 saturated heterocycles. The van der Waals surface area contributed by atoms with Crippen molar-refractivity contribution in [2.24, 2.45) is 0 Å². The number of allylic oxidation sites excluding steroid dienone is 9. The van der Waals surface area contributed by atoms with Gasteiger partial charge in [-0.3, -0.25) is 4.79 Å². The minimum Gasteiger partial charge on any atom is -0.388 e. The Morgan fingerprint density at radius 3 is 1.75 bits per heavy atom. The van der Waals surface area contributed by atoms with Gasteiger partial charge in [0.15, 0.2) is 0 Å². The normalized spacial score (nSPS) is 13.0. The van der Waals surface area contributed by atoms with Crippen LogP contribution in [0.1, 0.15) is 104 Å². The van der Waals surface area contributed by atoms with E-state index in [-0.39, 0.29) is 5.91 Å². The summed E-state index contributed by atoms with van der Waals surface area (Å²) in [4.78, 5) is 12.1. The van der Waals surface area contributed by atoms with E-state index in [4.69, 9.17) is 0 Å². The van der Waals surface area contributed by atoms with E-state index in [0.29, 0.717) is 6.54 Å². The average molecular weight is 444 g/mol. The fourth-order valence-corrected chi connectivity index (χ4v) is 3.33. The second-order valence-electron chi connectivity index (χ2n) is 8.60. The SMILES string of the molecule is CCCCC=CC=CCCC=CC=CC=CC(=O)NCC(O)(CCCCC)CCCCC. The maximum atomic E-state index is 12.1. The number of carbonyl (C=O) groups excluding carboxylic acids is 1. The monoisotopic (exact) mass is 443 g/mol. The van der Waals surface area contributed by atoms with Gasteiger partial charge >= 0.3 is 0 Å². The lowest BCUT2D eigenvalue weighted by Crippen LogP contribution is -2.42. The van der Waals surface area contributed by atoms with Crippen LogP contribution in [0.25, 0.3) is 0 Å². The molecule has 3 nitrogen and oxygen atoms in total. The molecule has 0 heterocycles. The fraction of sp³-hybridized carbons (Fsp3) is 0.621. The molecule has 0 bridgehead atoms. The number of hydrogen-bond acceptors (Lipinski definition) is 2. The molecule has 182 valence electrons. The summed E-state index contributed by atoms with van der Waals surface area (Å²) >= 11 is 0. The van der Waals surface area contributed by atoms with Crippen LogP contribution in [0.3, 0.4) is 0 Å². The van der Waals surface area contributed by atoms with Crippen LogP contribution in [0.4, 0.5) is 0 Å². The van der Waals surface area contributed by atoms with Gasteiger partial charge in [0.2, 0.25) is 5.91 Å². The van der Waals surface area contributed by atoms with Gasteiger partial charge in [-0.2, -0.15) is 0 Å². The highest BCUT2D eigenvalue weighted by molar-refractivity contribution is 5.87. The number of rotatable bonds is 20. The number of unbranched alkanes of at least 4 members (excludes halogenated alkanes) is 7. The Balaban J connectivity index is 4.16. The van der Waals surface area contributed by atoms with Crippen molar-refractivity contribution in [1.82, 2.24) is 5.32 Å². The summed E-state index contributed by atoms with van der Waals surface area (Å²) in [5.41, 5.74) is -0.786. The molecule has 0 spiro atoms. The molecule has 0 atom stereocenters. The van der Waals surface area contributed by atoms with Gasteiger partial charge in [0.05, 0.1) is 5.60 Å². The van der Waals surface area contributed by atoms with Gasteiger partial charge in [-0.1, -0.05) is 127 Å². The molecule has 0 aliphatic rings. The third-order valence-corrected chi connectivity index (χ3v) is 5.41. The number of amides is 1. The summed E-state index contributed by atoms with van der Waals surface area (Å²) in [7, 11) is 0. The van der Waals surface area contributed by atoms with E-state index in [0.717, 1.165) is 70.6 Å². The van der Waals surface area contributed by atoms with Crippen LogP contribution in [0, 0.1) is 0 Å². The molecule has 0 aliphatic heterocycles. The van der Waals surface area contributed by atoms with Crippen LogP contribution in [0.15, 0.2) is 60.8 Å². The van der Waals surface area contributed by atoms with Crippen LogP contribution in [0.5, 0.6) is 0 Å². The number of nitrogens with one attached hydrogen (secondary N) is 1. The minimum absolute atomic E-state index is 0.153. The van der Waals surface area contributed by atoms with Gasteiger partial charge in [-0.25, -0.2) is 0 Å². The second-order valence-corrected chi connectivity index (χ2v) is 8.60. The first-order valence-corrected chi connectivity index (χ1v) is 12.9. The first kappa shape index (κ1) is 30.1. The quantitative estimate of drug-likeness (QED) is 0.115. The molecule has 0 aromatic rings. The maximum Gasteiger partial charge on any atom is 0.244 e. The van der Waals surface area contributed by atoms with E-state index in [1.54, 1.807) is 6.08 Å². The van der Waals surface area contributed by atoms with Crippen molar-refractivity contribution in [2.45, 2.75) is 110 Å². The number of hydrogen-bond donors (Lipinski definition) is 2. The molecule has 0 aliphatic carbocycles. The van der Waals surface area contributed by atoms with E-state index in [9.17, 15) is 9.90 Å². The number of carbonyl (C=O) groups is 1. The van der Waals surface area contributed by atoms with E-state index in [1.807, 2.05) is 18.2 Å². The lowest BCUT2D eigenvalue weighted by molar-refractivity contribution is -0.118. The van der Waals surface area contributed by atoms with E-state index in [2.05, 4.69) is 56.5 Å². The van der Waals surface area contributed by atoms with Crippen LogP contribution < -0.4 is 5.32 Å². The van der Waals surface area contributed by atoms with Crippen molar-refractivity contribution >= 4 is 5.91 Å². The van der Waals surface area contributed by atoms with Gasteiger partial charge in [-0.05, 0) is 32.1 Å². The predicted molar refractivity (Wildman–Crippen MR) is 141 cm³/mol. The van der Waals surface area contributed by atoms with E-state index < -0.39 is 5.60 Å². The summed E-state index contributed by atoms with van der Waals surface area (Å²) in [6.45, 7) is 6.86. The maximum absolute atomic E-state index is 12.1. The van der Waals surface area contributed by atoms with Gasteiger partial charge in [0.25, 0.3) is 0 Å². The third-order valence-electron chi connectivity index (χ3n) is 5.41. The largest absolute Gasteiger partial charge is 0.388 e. The van der Waals surface area contributed by atoms with Crippen molar-refractivity contribution in [3.8, 4) is 0 Å². The van der Waals surface area contributed by atoms with Gasteiger partial charge < -0.3 is 10.4 Å². The fourth-order valence-electron chi connectivity index (χ4n) is 3.33. The predicted octanol–water partition coefficient (Wildman–Crippen LogP) is 7.75. The Morgan fingerprint density at radius 2 is 1.19 bits per heavy atom. The van der Waals surface area contributed by atoms with E-state index >= 15 is 0 Å². The summed E-state index contributed by atoms with van der Waals surface area (Å²) < 4.78 is 0. The Kier molecular flexibility index (Phi) is 21.0. The average Bonchev–Trinajstić information content (AvgIpc) is 2.78. The summed E-state index contributed by atoms with van der Waals surface area (Å²) in [6, 6.07) is 0. The van der Waals surface area contributed by atoms with Gasteiger partial charge in [0, 0.05) is 12.6 Å². The molecule has 0 aromatic carbocycles.